The number of imidazole rings is 1. The third-order valence-corrected chi connectivity index (χ3v) is 9.61. The molecular weight excluding hydrogens is 680 g/mol. The van der Waals surface area contributed by atoms with E-state index in [0.29, 0.717) is 25.1 Å². The van der Waals surface area contributed by atoms with Crippen molar-refractivity contribution in [1.82, 2.24) is 35.3 Å². The quantitative estimate of drug-likeness (QED) is 0.148. The zero-order chi connectivity index (χ0) is 36.4. The van der Waals surface area contributed by atoms with Gasteiger partial charge in [-0.15, -0.1) is 0 Å². The Hall–Kier alpha value is -3.83. The number of carbonyl (C=O) groups is 2. The van der Waals surface area contributed by atoms with Crippen molar-refractivity contribution < 1.29 is 44.7 Å². The molecule has 2 amide bonds. The molecule has 18 heteroatoms. The molecule has 2 aromatic rings. The molecule has 276 valence electrons. The van der Waals surface area contributed by atoms with Crippen LogP contribution in [0.25, 0.3) is 6.08 Å². The first-order chi connectivity index (χ1) is 23.4. The molecule has 0 spiro atoms. The molecule has 0 bridgehead atoms. The SMILES string of the molecule is CCn1nccc1C(=O)N[C@H](c1cnc(/C=C(/CN(CC(F)(F)F)C2CC2)C(=N)C[C@H]2C[C@@H](C(F)(F)F)CNC2=O)[nH]1)C1CCC(F)(F)CC1. The molecule has 5 rings (SSSR count). The summed E-state index contributed by atoms with van der Waals surface area (Å²) in [4.78, 5) is 34.3. The summed E-state index contributed by atoms with van der Waals surface area (Å²) in [7, 11) is 0. The molecule has 3 atom stereocenters. The van der Waals surface area contributed by atoms with E-state index in [2.05, 4.69) is 25.7 Å². The number of aryl methyl sites for hydroxylation is 1. The fraction of sp³-hybridized carbons (Fsp3) is 0.656. The minimum absolute atomic E-state index is 0.0220. The maximum absolute atomic E-state index is 14.1. The molecule has 1 saturated heterocycles. The van der Waals surface area contributed by atoms with Gasteiger partial charge >= 0.3 is 12.4 Å². The smallest absolute Gasteiger partial charge is 0.355 e. The van der Waals surface area contributed by atoms with Crippen molar-refractivity contribution in [2.24, 2.45) is 17.8 Å². The maximum atomic E-state index is 14.1. The number of piperidine rings is 1. The Morgan fingerprint density at radius 2 is 1.88 bits per heavy atom. The van der Waals surface area contributed by atoms with E-state index in [1.165, 1.54) is 29.2 Å². The molecule has 10 nitrogen and oxygen atoms in total. The molecule has 0 unspecified atom stereocenters. The number of hydrogen-bond acceptors (Lipinski definition) is 6. The first kappa shape index (κ1) is 37.4. The van der Waals surface area contributed by atoms with E-state index in [1.54, 1.807) is 6.92 Å². The number of halogens is 8. The summed E-state index contributed by atoms with van der Waals surface area (Å²) in [6.45, 7) is -0.0609. The van der Waals surface area contributed by atoms with E-state index < -0.39 is 85.9 Å². The molecular formula is C32H40F8N8O2. The van der Waals surface area contributed by atoms with E-state index in [0.717, 1.165) is 4.90 Å². The van der Waals surface area contributed by atoms with Crippen LogP contribution < -0.4 is 10.6 Å². The summed E-state index contributed by atoms with van der Waals surface area (Å²) < 4.78 is 111. The average molecular weight is 721 g/mol. The highest BCUT2D eigenvalue weighted by atomic mass is 19.4. The highest BCUT2D eigenvalue weighted by Gasteiger charge is 2.45. The van der Waals surface area contributed by atoms with Crippen molar-refractivity contribution in [3.8, 4) is 0 Å². The molecule has 0 aromatic carbocycles. The number of H-pyrrole nitrogens is 1. The fourth-order valence-corrected chi connectivity index (χ4v) is 6.72. The van der Waals surface area contributed by atoms with Crippen LogP contribution in [-0.2, 0) is 11.3 Å². The summed E-state index contributed by atoms with van der Waals surface area (Å²) in [5.41, 5.74) is 0.292. The van der Waals surface area contributed by atoms with Crippen LogP contribution in [0.4, 0.5) is 35.1 Å². The van der Waals surface area contributed by atoms with Crippen LogP contribution in [0.1, 0.15) is 86.3 Å². The van der Waals surface area contributed by atoms with Gasteiger partial charge in [-0.2, -0.15) is 31.4 Å². The summed E-state index contributed by atoms with van der Waals surface area (Å²) in [5.74, 6) is -7.42. The Morgan fingerprint density at radius 1 is 1.18 bits per heavy atom. The second-order valence-electron chi connectivity index (χ2n) is 13.4. The molecule has 1 aliphatic heterocycles. The van der Waals surface area contributed by atoms with Crippen LogP contribution in [0.2, 0.25) is 0 Å². The predicted octanol–water partition coefficient (Wildman–Crippen LogP) is 6.06. The molecule has 3 heterocycles. The summed E-state index contributed by atoms with van der Waals surface area (Å²) >= 11 is 0. The summed E-state index contributed by atoms with van der Waals surface area (Å²) in [6, 6.07) is 0.294. The van der Waals surface area contributed by atoms with Crippen molar-refractivity contribution in [3.05, 3.63) is 41.2 Å². The Labute approximate surface area is 282 Å². The van der Waals surface area contributed by atoms with Crippen molar-refractivity contribution in [2.45, 2.75) is 95.2 Å². The highest BCUT2D eigenvalue weighted by Crippen LogP contribution is 2.41. The number of nitrogens with one attached hydrogen (secondary N) is 4. The van der Waals surface area contributed by atoms with Gasteiger partial charge in [-0.3, -0.25) is 19.2 Å². The fourth-order valence-electron chi connectivity index (χ4n) is 6.72. The maximum Gasteiger partial charge on any atom is 0.401 e. The molecule has 3 aliphatic rings. The second-order valence-corrected chi connectivity index (χ2v) is 13.4. The first-order valence-corrected chi connectivity index (χ1v) is 16.6. The number of nitrogens with zero attached hydrogens (tertiary/aromatic N) is 4. The third-order valence-electron chi connectivity index (χ3n) is 9.61. The normalized spacial score (nSPS) is 22.8. The standard InChI is InChI=1S/C32H40F8N8O2/c1-2-48-25(7-10-44-48)29(50)46-27(18-5-8-30(33,34)9-6-18)24-15-42-26(45-24)13-20(16-47(22-3-4-22)17-31(35,36)37)23(41)12-19-11-21(32(38,39)40)14-43-28(19)49/h7,10,13,15,18-19,21-22,27,41H,2-6,8-9,11-12,14,16-17H2,1H3,(H,42,45)(H,43,49)(H,46,50)/b20-13-,41-23?/t19-,21-,27+/m1/s1. The zero-order valence-electron chi connectivity index (χ0n) is 27.3. The molecule has 50 heavy (non-hydrogen) atoms. The number of amides is 2. The molecule has 4 N–H and O–H groups in total. The summed E-state index contributed by atoms with van der Waals surface area (Å²) in [6.07, 6.45) is -5.62. The van der Waals surface area contributed by atoms with Gasteiger partial charge in [-0.1, -0.05) is 0 Å². The van der Waals surface area contributed by atoms with E-state index in [4.69, 9.17) is 5.41 Å². The lowest BCUT2D eigenvalue weighted by Gasteiger charge is -2.33. The van der Waals surface area contributed by atoms with Crippen LogP contribution in [0.15, 0.2) is 24.0 Å². The van der Waals surface area contributed by atoms with Crippen molar-refractivity contribution >= 4 is 23.6 Å². The predicted molar refractivity (Wildman–Crippen MR) is 165 cm³/mol. The number of rotatable bonds is 13. The highest BCUT2D eigenvalue weighted by molar-refractivity contribution is 6.03. The van der Waals surface area contributed by atoms with Gasteiger partial charge in [0.2, 0.25) is 11.8 Å². The van der Waals surface area contributed by atoms with Gasteiger partial charge < -0.3 is 21.0 Å². The van der Waals surface area contributed by atoms with Gasteiger partial charge in [0.25, 0.3) is 5.91 Å². The van der Waals surface area contributed by atoms with E-state index >= 15 is 0 Å². The second kappa shape index (κ2) is 14.8. The van der Waals surface area contributed by atoms with Gasteiger partial charge in [0.15, 0.2) is 0 Å². The van der Waals surface area contributed by atoms with E-state index in [9.17, 15) is 44.7 Å². The van der Waals surface area contributed by atoms with Crippen LogP contribution >= 0.6 is 0 Å². The minimum atomic E-state index is -4.58. The number of hydrogen-bond donors (Lipinski definition) is 4. The summed E-state index contributed by atoms with van der Waals surface area (Å²) in [5, 5.41) is 18.0. The third kappa shape index (κ3) is 9.69. The molecule has 3 fully saturated rings. The Bertz CT molecular complexity index is 1550. The Morgan fingerprint density at radius 3 is 2.50 bits per heavy atom. The van der Waals surface area contributed by atoms with Crippen LogP contribution in [0.3, 0.4) is 0 Å². The first-order valence-electron chi connectivity index (χ1n) is 16.6. The van der Waals surface area contributed by atoms with E-state index in [1.807, 2.05) is 0 Å². The lowest BCUT2D eigenvalue weighted by Crippen LogP contribution is -2.47. The van der Waals surface area contributed by atoms with Crippen molar-refractivity contribution in [3.63, 3.8) is 0 Å². The Kier molecular flexibility index (Phi) is 11.1. The molecule has 2 aromatic heterocycles. The van der Waals surface area contributed by atoms with E-state index in [-0.39, 0.29) is 55.0 Å². The molecule has 2 aliphatic carbocycles. The van der Waals surface area contributed by atoms with Gasteiger partial charge in [0.1, 0.15) is 11.5 Å². The Balaban J connectivity index is 1.44. The van der Waals surface area contributed by atoms with Crippen molar-refractivity contribution in [2.75, 3.05) is 19.6 Å². The lowest BCUT2D eigenvalue weighted by molar-refractivity contribution is -0.183. The molecule has 0 radical (unpaired) electrons. The number of carbonyl (C=O) groups excluding carboxylic acids is 2. The van der Waals surface area contributed by atoms with Gasteiger partial charge in [-0.25, -0.2) is 13.8 Å². The number of alkyl halides is 8. The largest absolute Gasteiger partial charge is 0.401 e. The number of aromatic amines is 1. The minimum Gasteiger partial charge on any atom is -0.355 e. The van der Waals surface area contributed by atoms with Gasteiger partial charge in [-0.05, 0) is 62.7 Å². The topological polar surface area (TPSA) is 132 Å². The van der Waals surface area contributed by atoms with Crippen LogP contribution in [0, 0.1) is 23.2 Å². The van der Waals surface area contributed by atoms with Crippen molar-refractivity contribution in [1.29, 1.82) is 5.41 Å². The van der Waals surface area contributed by atoms with Crippen LogP contribution in [0.5, 0.6) is 0 Å². The molecule has 2 saturated carbocycles. The zero-order valence-corrected chi connectivity index (χ0v) is 27.3. The monoisotopic (exact) mass is 720 g/mol. The average Bonchev–Trinajstić information content (AvgIpc) is 3.58. The lowest BCUT2D eigenvalue weighted by atomic mass is 9.81. The number of aromatic nitrogens is 4. The van der Waals surface area contributed by atoms with Gasteiger partial charge in [0, 0.05) is 62.8 Å². The van der Waals surface area contributed by atoms with Crippen LogP contribution in [-0.4, -0.2) is 86.1 Å². The van der Waals surface area contributed by atoms with Gasteiger partial charge in [0.05, 0.1) is 30.4 Å².